The average Bonchev–Trinajstić information content (AvgIpc) is 3.44. The highest BCUT2D eigenvalue weighted by molar-refractivity contribution is 7.47. The van der Waals surface area contributed by atoms with Crippen molar-refractivity contribution in [3.63, 3.8) is 0 Å². The number of phosphoric acid groups is 1. The van der Waals surface area contributed by atoms with Crippen LogP contribution in [0.3, 0.4) is 0 Å². The Bertz CT molecular complexity index is 1660. The fourth-order valence-electron chi connectivity index (χ4n) is 9.61. The maximum absolute atomic E-state index is 13.6. The largest absolute Gasteiger partial charge is 0.472 e. The lowest BCUT2D eigenvalue weighted by molar-refractivity contribution is -0.870. The number of esters is 1. The van der Waals surface area contributed by atoms with Gasteiger partial charge in [-0.2, -0.15) is 0 Å². The molecule has 0 spiro atoms. The van der Waals surface area contributed by atoms with Gasteiger partial charge in [-0.15, -0.1) is 0 Å². The molecule has 0 bridgehead atoms. The Morgan fingerprint density at radius 1 is 0.444 bits per heavy atom. The summed E-state index contributed by atoms with van der Waals surface area (Å²) >= 11 is 0. The van der Waals surface area contributed by atoms with Crippen molar-refractivity contribution in [2.45, 2.75) is 315 Å². The summed E-state index contributed by atoms with van der Waals surface area (Å²) in [6.45, 7) is 6.90. The molecule has 3 unspecified atom stereocenters. The van der Waals surface area contributed by atoms with Crippen molar-refractivity contribution >= 4 is 19.7 Å². The number of hydrogen-bond acceptors (Lipinski definition) is 6. The van der Waals surface area contributed by atoms with Gasteiger partial charge in [0.25, 0.3) is 0 Å². The van der Waals surface area contributed by atoms with Crippen molar-refractivity contribution in [3.8, 4) is 0 Å². The molecule has 0 saturated carbocycles. The van der Waals surface area contributed by atoms with E-state index in [1.807, 2.05) is 33.3 Å². The summed E-state index contributed by atoms with van der Waals surface area (Å²) in [7, 11) is 1.48. The monoisotopic (exact) mass is 1150 g/mol. The van der Waals surface area contributed by atoms with E-state index in [0.717, 1.165) is 109 Å². The van der Waals surface area contributed by atoms with Crippen LogP contribution in [0.5, 0.6) is 0 Å². The maximum Gasteiger partial charge on any atom is 0.472 e. The molecule has 0 aliphatic carbocycles. The van der Waals surface area contributed by atoms with Gasteiger partial charge in [0.15, 0.2) is 0 Å². The van der Waals surface area contributed by atoms with Gasteiger partial charge in [-0.3, -0.25) is 18.6 Å². The van der Waals surface area contributed by atoms with Crippen LogP contribution in [0.1, 0.15) is 303 Å². The van der Waals surface area contributed by atoms with Gasteiger partial charge in [0, 0.05) is 12.8 Å². The van der Waals surface area contributed by atoms with Crippen LogP contribution in [0.4, 0.5) is 0 Å². The minimum atomic E-state index is -4.46. The number of unbranched alkanes of at least 4 members (excludes halogenated alkanes) is 33. The molecule has 9 nitrogen and oxygen atoms in total. The van der Waals surface area contributed by atoms with Gasteiger partial charge in [0.05, 0.1) is 33.8 Å². The van der Waals surface area contributed by atoms with E-state index in [9.17, 15) is 19.0 Å². The van der Waals surface area contributed by atoms with Crippen molar-refractivity contribution in [1.82, 2.24) is 5.32 Å². The first-order valence-electron chi connectivity index (χ1n) is 33.9. The van der Waals surface area contributed by atoms with Crippen LogP contribution in [0.25, 0.3) is 0 Å². The topological polar surface area (TPSA) is 111 Å². The van der Waals surface area contributed by atoms with Gasteiger partial charge < -0.3 is 19.4 Å². The molecule has 0 rings (SSSR count). The number of rotatable bonds is 61. The number of carbonyl (C=O) groups is 2. The lowest BCUT2D eigenvalue weighted by Gasteiger charge is -2.27. The fraction of sp³-hybridized carbons (Fsp3) is 0.775. The molecule has 470 valence electrons. The molecule has 0 saturated heterocycles. The zero-order chi connectivity index (χ0) is 59.3. The standard InChI is InChI=1S/C71H129N2O7P/c1-7-10-13-16-19-22-25-28-30-32-34-36-38-40-42-45-48-51-54-57-60-63-70(74)72-68(67-79-81(76,77)78-66-65-73(4,5)6)69(62-59-56-53-50-47-44-27-24-21-18-15-12-9-3)80-71(75)64-61-58-55-52-49-46-43-41-39-37-35-33-31-29-26-23-20-17-14-11-8-2/h10,13,19,22,28-31,34,36,40,42,59,62,68-69H,7-9,11-12,14-18,20-21,23-27,32-33,35,37-39,41,43-58,60-61,63-67H2,1-6H3,(H-,72,74,76,77)/p+1/b13-10-,22-19-,30-28-,31-29+,36-34-,42-40-,62-59+. The molecule has 0 aliphatic heterocycles. The Morgan fingerprint density at radius 3 is 1.20 bits per heavy atom. The molecule has 2 N–H and O–H groups in total. The van der Waals surface area contributed by atoms with Crippen molar-refractivity contribution in [2.24, 2.45) is 0 Å². The second kappa shape index (κ2) is 60.3. The van der Waals surface area contributed by atoms with Crippen LogP contribution >= 0.6 is 7.82 Å². The first kappa shape index (κ1) is 78.2. The summed E-state index contributed by atoms with van der Waals surface area (Å²) in [6, 6.07) is -0.863. The molecular weight excluding hydrogens is 1020 g/mol. The zero-order valence-electron chi connectivity index (χ0n) is 53.8. The minimum absolute atomic E-state index is 0.0333. The molecule has 0 aromatic heterocycles. The molecule has 0 fully saturated rings. The van der Waals surface area contributed by atoms with E-state index in [2.05, 4.69) is 99.0 Å². The summed E-state index contributed by atoms with van der Waals surface area (Å²) in [6.07, 6.45) is 80.1. The van der Waals surface area contributed by atoms with Gasteiger partial charge in [0.1, 0.15) is 19.3 Å². The Hall–Kier alpha value is -2.81. The molecule has 3 atom stereocenters. The van der Waals surface area contributed by atoms with E-state index in [4.69, 9.17) is 13.8 Å². The number of quaternary nitrogens is 1. The second-order valence-electron chi connectivity index (χ2n) is 24.0. The van der Waals surface area contributed by atoms with Gasteiger partial charge >= 0.3 is 13.8 Å². The van der Waals surface area contributed by atoms with Gasteiger partial charge in [0.2, 0.25) is 5.91 Å². The molecule has 10 heteroatoms. The smallest absolute Gasteiger partial charge is 0.456 e. The second-order valence-corrected chi connectivity index (χ2v) is 25.4. The lowest BCUT2D eigenvalue weighted by Crippen LogP contribution is -2.47. The number of carbonyl (C=O) groups excluding carboxylic acids is 2. The van der Waals surface area contributed by atoms with Crippen LogP contribution in [-0.4, -0.2) is 74.3 Å². The number of allylic oxidation sites excluding steroid dienone is 13. The average molecular weight is 1150 g/mol. The Kier molecular flexibility index (Phi) is 58.2. The molecule has 0 aromatic carbocycles. The summed E-state index contributed by atoms with van der Waals surface area (Å²) < 4.78 is 30.8. The first-order chi connectivity index (χ1) is 39.4. The van der Waals surface area contributed by atoms with E-state index in [0.29, 0.717) is 17.4 Å². The van der Waals surface area contributed by atoms with E-state index in [1.165, 1.54) is 161 Å². The number of phosphoric ester groups is 1. The normalized spacial score (nSPS) is 14.1. The molecule has 0 heterocycles. The van der Waals surface area contributed by atoms with Crippen LogP contribution in [0, 0.1) is 0 Å². The Morgan fingerprint density at radius 2 is 0.790 bits per heavy atom. The highest BCUT2D eigenvalue weighted by atomic mass is 31.2. The molecule has 81 heavy (non-hydrogen) atoms. The van der Waals surface area contributed by atoms with Crippen LogP contribution in [0.15, 0.2) is 85.1 Å². The number of nitrogens with zero attached hydrogens (tertiary/aromatic N) is 1. The number of likely N-dealkylation sites (N-methyl/N-ethyl adjacent to an activating group) is 1. The maximum atomic E-state index is 13.6. The third-order valence-corrected chi connectivity index (χ3v) is 15.8. The van der Waals surface area contributed by atoms with Crippen LogP contribution in [-0.2, 0) is 27.9 Å². The summed E-state index contributed by atoms with van der Waals surface area (Å²) in [5.74, 6) is -0.523. The van der Waals surface area contributed by atoms with Gasteiger partial charge in [-0.05, 0) is 102 Å². The van der Waals surface area contributed by atoms with Gasteiger partial charge in [-0.25, -0.2) is 4.57 Å². The Balaban J connectivity index is 5.22. The van der Waals surface area contributed by atoms with Gasteiger partial charge in [-0.1, -0.05) is 273 Å². The summed E-state index contributed by atoms with van der Waals surface area (Å²) in [4.78, 5) is 37.9. The SMILES string of the molecule is CC/C=C\C/C=C\C/C=C\C/C=C\C/C=C\CCCCCCCC(=O)NC(COP(=O)(O)OCC[N+](C)(C)C)C(/C=C/CCCCCCCCCCCCC)OC(=O)CCCCCCCCCCCCC/C=C/CCCCCCCC. The van der Waals surface area contributed by atoms with Crippen LogP contribution in [0.2, 0.25) is 0 Å². The van der Waals surface area contributed by atoms with E-state index in [-0.39, 0.29) is 31.5 Å². The van der Waals surface area contributed by atoms with E-state index in [1.54, 1.807) is 0 Å². The summed E-state index contributed by atoms with van der Waals surface area (Å²) in [5.41, 5.74) is 0. The van der Waals surface area contributed by atoms with Crippen molar-refractivity contribution < 1.29 is 37.3 Å². The van der Waals surface area contributed by atoms with Crippen LogP contribution < -0.4 is 5.32 Å². The molecule has 1 amide bonds. The van der Waals surface area contributed by atoms with E-state index < -0.39 is 20.0 Å². The van der Waals surface area contributed by atoms with Crippen molar-refractivity contribution in [1.29, 1.82) is 0 Å². The Labute approximate surface area is 501 Å². The van der Waals surface area contributed by atoms with Crippen molar-refractivity contribution in [3.05, 3.63) is 85.1 Å². The lowest BCUT2D eigenvalue weighted by atomic mass is 10.0. The molecule has 0 radical (unpaired) electrons. The highest BCUT2D eigenvalue weighted by Crippen LogP contribution is 2.43. The van der Waals surface area contributed by atoms with Crippen molar-refractivity contribution in [2.75, 3.05) is 40.9 Å². The highest BCUT2D eigenvalue weighted by Gasteiger charge is 2.30. The first-order valence-corrected chi connectivity index (χ1v) is 35.4. The number of ether oxygens (including phenoxy) is 1. The minimum Gasteiger partial charge on any atom is -0.456 e. The predicted octanol–water partition coefficient (Wildman–Crippen LogP) is 21.3. The third-order valence-electron chi connectivity index (χ3n) is 14.8. The predicted molar refractivity (Wildman–Crippen MR) is 351 cm³/mol. The summed E-state index contributed by atoms with van der Waals surface area (Å²) in [5, 5.41) is 3.06. The zero-order valence-corrected chi connectivity index (χ0v) is 54.7. The number of amides is 1. The third kappa shape index (κ3) is 61.6. The van der Waals surface area contributed by atoms with E-state index >= 15 is 0 Å². The number of hydrogen-bond donors (Lipinski definition) is 2. The molecular formula is C71H130N2O7P+. The number of nitrogens with one attached hydrogen (secondary N) is 1. The quantitative estimate of drug-likeness (QED) is 0.0205. The molecule has 0 aliphatic rings. The fourth-order valence-corrected chi connectivity index (χ4v) is 10.3. The molecule has 0 aromatic rings.